The Morgan fingerprint density at radius 1 is 1.06 bits per heavy atom. The molecule has 32 heavy (non-hydrogen) atoms. The number of nitrogens with one attached hydrogen (secondary N) is 1. The fraction of sp³-hybridized carbons (Fsp3) is 0.286. The number of sulfonamides is 1. The van der Waals surface area contributed by atoms with E-state index >= 15 is 0 Å². The predicted molar refractivity (Wildman–Crippen MR) is 111 cm³/mol. The maximum Gasteiger partial charge on any atom is 0.417 e. The monoisotopic (exact) mass is 461 g/mol. The molecule has 2 aliphatic rings. The first-order valence-corrected chi connectivity index (χ1v) is 11.4. The molecule has 0 atom stereocenters. The van der Waals surface area contributed by atoms with Gasteiger partial charge in [0.1, 0.15) is 10.7 Å². The van der Waals surface area contributed by atoms with E-state index in [-0.39, 0.29) is 35.7 Å². The molecule has 0 aromatic heterocycles. The number of carbonyl (C=O) groups excluding carboxylic acids is 3. The summed E-state index contributed by atoms with van der Waals surface area (Å²) in [6.07, 6.45) is 0.188. The summed E-state index contributed by atoms with van der Waals surface area (Å²) >= 11 is 0. The molecule has 2 aromatic carbocycles. The van der Waals surface area contributed by atoms with Gasteiger partial charge in [-0.2, -0.15) is 0 Å². The van der Waals surface area contributed by atoms with Gasteiger partial charge in [-0.05, 0) is 43.2 Å². The third-order valence-electron chi connectivity index (χ3n) is 5.39. The molecule has 2 heterocycles. The molecule has 1 N–H and O–H groups in total. The van der Waals surface area contributed by atoms with Crippen molar-refractivity contribution in [2.24, 2.45) is 0 Å². The zero-order valence-electron chi connectivity index (χ0n) is 16.9. The molecule has 3 amide bonds. The van der Waals surface area contributed by atoms with Crippen molar-refractivity contribution in [2.45, 2.75) is 23.8 Å². The number of ether oxygens (including phenoxy) is 1. The van der Waals surface area contributed by atoms with E-state index in [1.54, 1.807) is 11.0 Å². The molecule has 2 saturated heterocycles. The summed E-state index contributed by atoms with van der Waals surface area (Å²) in [5.41, 5.74) is 0.383. The minimum atomic E-state index is -4.17. The maximum absolute atomic E-state index is 13.9. The average molecular weight is 461 g/mol. The number of piperidine rings is 1. The number of anilines is 1. The lowest BCUT2D eigenvalue weighted by molar-refractivity contribution is -0.127. The quantitative estimate of drug-likeness (QED) is 0.731. The lowest BCUT2D eigenvalue weighted by Crippen LogP contribution is -2.48. The van der Waals surface area contributed by atoms with Gasteiger partial charge >= 0.3 is 6.09 Å². The molecule has 0 spiro atoms. The molecule has 0 saturated carbocycles. The Morgan fingerprint density at radius 2 is 1.78 bits per heavy atom. The average Bonchev–Trinajstić information content (AvgIpc) is 3.11. The Morgan fingerprint density at radius 3 is 2.44 bits per heavy atom. The van der Waals surface area contributed by atoms with E-state index in [9.17, 15) is 27.2 Å². The lowest BCUT2D eigenvalue weighted by Gasteiger charge is -2.34. The van der Waals surface area contributed by atoms with E-state index in [4.69, 9.17) is 4.74 Å². The minimum Gasteiger partial charge on any atom is -0.439 e. The van der Waals surface area contributed by atoms with Crippen molar-refractivity contribution in [2.75, 3.05) is 24.4 Å². The molecule has 0 radical (unpaired) electrons. The molecule has 0 bridgehead atoms. The van der Waals surface area contributed by atoms with Gasteiger partial charge in [-0.1, -0.05) is 18.2 Å². The number of nitrogens with zero attached hydrogens (tertiary/aromatic N) is 2. The highest BCUT2D eigenvalue weighted by atomic mass is 32.2. The molecule has 168 valence electrons. The number of amides is 3. The standard InChI is InChI=1S/C21H20FN3O6S/c22-17-6-1-2-7-18(17)32(29,30)23-15-5-3-4-14(12-15)20(27)24-10-8-16(9-11-24)25-19(26)13-31-21(25)28/h1-7,12,16,23H,8-11,13H2. The summed E-state index contributed by atoms with van der Waals surface area (Å²) in [4.78, 5) is 38.6. The largest absolute Gasteiger partial charge is 0.439 e. The Bertz CT molecular complexity index is 1160. The van der Waals surface area contributed by atoms with Crippen LogP contribution in [0.2, 0.25) is 0 Å². The second-order valence-corrected chi connectivity index (χ2v) is 9.11. The number of cyclic esters (lactones) is 1. The minimum absolute atomic E-state index is 0.124. The Labute approximate surface area is 183 Å². The maximum atomic E-state index is 13.9. The van der Waals surface area contributed by atoms with Gasteiger partial charge in [0.2, 0.25) is 0 Å². The molecule has 0 aliphatic carbocycles. The van der Waals surface area contributed by atoms with Crippen LogP contribution in [0.15, 0.2) is 53.4 Å². The second kappa shape index (κ2) is 8.58. The summed E-state index contributed by atoms with van der Waals surface area (Å²) < 4.78 is 45.9. The van der Waals surface area contributed by atoms with Gasteiger partial charge in [0.25, 0.3) is 21.8 Å². The van der Waals surface area contributed by atoms with Crippen LogP contribution in [0.25, 0.3) is 0 Å². The second-order valence-electron chi connectivity index (χ2n) is 7.46. The van der Waals surface area contributed by atoms with Crippen molar-refractivity contribution in [1.29, 1.82) is 0 Å². The fourth-order valence-corrected chi connectivity index (χ4v) is 4.95. The van der Waals surface area contributed by atoms with Gasteiger partial charge in [0.05, 0.1) is 0 Å². The molecule has 4 rings (SSSR count). The number of hydrogen-bond acceptors (Lipinski definition) is 6. The number of carbonyl (C=O) groups is 3. The number of rotatable bonds is 5. The van der Waals surface area contributed by atoms with Crippen LogP contribution in [0.5, 0.6) is 0 Å². The normalized spacial score (nSPS) is 17.4. The van der Waals surface area contributed by atoms with E-state index in [0.29, 0.717) is 25.9 Å². The van der Waals surface area contributed by atoms with E-state index < -0.39 is 26.8 Å². The van der Waals surface area contributed by atoms with Crippen molar-refractivity contribution in [1.82, 2.24) is 9.80 Å². The number of hydrogen-bond donors (Lipinski definition) is 1. The van der Waals surface area contributed by atoms with Gasteiger partial charge in [0, 0.05) is 30.4 Å². The van der Waals surface area contributed by atoms with E-state index in [0.717, 1.165) is 17.0 Å². The van der Waals surface area contributed by atoms with Crippen molar-refractivity contribution in [3.8, 4) is 0 Å². The topological polar surface area (TPSA) is 113 Å². The van der Waals surface area contributed by atoms with Crippen LogP contribution in [0.3, 0.4) is 0 Å². The van der Waals surface area contributed by atoms with Crippen molar-refractivity contribution >= 4 is 33.6 Å². The summed E-state index contributed by atoms with van der Waals surface area (Å²) in [7, 11) is -4.17. The third-order valence-corrected chi connectivity index (χ3v) is 6.80. The van der Waals surface area contributed by atoms with Crippen LogP contribution in [-0.4, -0.2) is 61.9 Å². The first kappa shape index (κ1) is 21.8. The molecular formula is C21H20FN3O6S. The highest BCUT2D eigenvalue weighted by Gasteiger charge is 2.39. The van der Waals surface area contributed by atoms with Crippen LogP contribution in [0.4, 0.5) is 14.9 Å². The Balaban J connectivity index is 1.44. The summed E-state index contributed by atoms with van der Waals surface area (Å²) in [5, 5.41) is 0. The van der Waals surface area contributed by atoms with Crippen LogP contribution in [-0.2, 0) is 19.6 Å². The highest BCUT2D eigenvalue weighted by molar-refractivity contribution is 7.92. The SMILES string of the molecule is O=C(c1cccc(NS(=O)(=O)c2ccccc2F)c1)N1CCC(N2C(=O)COC2=O)CC1. The van der Waals surface area contributed by atoms with Crippen molar-refractivity contribution in [3.63, 3.8) is 0 Å². The molecule has 2 aromatic rings. The van der Waals surface area contributed by atoms with E-state index in [2.05, 4.69) is 4.72 Å². The van der Waals surface area contributed by atoms with E-state index in [1.165, 1.54) is 30.3 Å². The Hall–Kier alpha value is -3.47. The van der Waals surface area contributed by atoms with Gasteiger partial charge in [-0.15, -0.1) is 0 Å². The molecule has 0 unspecified atom stereocenters. The number of benzene rings is 2. The molecule has 2 fully saturated rings. The molecule has 9 nitrogen and oxygen atoms in total. The lowest BCUT2D eigenvalue weighted by atomic mass is 10.0. The summed E-state index contributed by atoms with van der Waals surface area (Å²) in [5.74, 6) is -1.57. The van der Waals surface area contributed by atoms with E-state index in [1.807, 2.05) is 0 Å². The first-order chi connectivity index (χ1) is 15.3. The third kappa shape index (κ3) is 4.28. The molecule has 11 heteroatoms. The van der Waals surface area contributed by atoms with Crippen LogP contribution >= 0.6 is 0 Å². The van der Waals surface area contributed by atoms with Gasteiger partial charge < -0.3 is 9.64 Å². The van der Waals surface area contributed by atoms with Gasteiger partial charge in [-0.25, -0.2) is 22.5 Å². The zero-order valence-corrected chi connectivity index (χ0v) is 17.7. The number of likely N-dealkylation sites (tertiary alicyclic amines) is 1. The van der Waals surface area contributed by atoms with Crippen LogP contribution in [0, 0.1) is 5.82 Å². The first-order valence-electron chi connectivity index (χ1n) is 9.92. The van der Waals surface area contributed by atoms with Gasteiger partial charge in [-0.3, -0.25) is 14.3 Å². The predicted octanol–water partition coefficient (Wildman–Crippen LogP) is 2.21. The molecule has 2 aliphatic heterocycles. The zero-order chi connectivity index (χ0) is 22.9. The summed E-state index contributed by atoms with van der Waals surface area (Å²) in [6.45, 7) is 0.394. The van der Waals surface area contributed by atoms with Crippen LogP contribution in [0.1, 0.15) is 23.2 Å². The smallest absolute Gasteiger partial charge is 0.417 e. The van der Waals surface area contributed by atoms with Crippen LogP contribution < -0.4 is 4.72 Å². The Kier molecular flexibility index (Phi) is 5.83. The van der Waals surface area contributed by atoms with Gasteiger partial charge in [0.15, 0.2) is 6.61 Å². The van der Waals surface area contributed by atoms with Crippen molar-refractivity contribution in [3.05, 3.63) is 59.9 Å². The number of halogens is 1. The van der Waals surface area contributed by atoms with Crippen molar-refractivity contribution < 1.29 is 31.9 Å². The summed E-state index contributed by atoms with van der Waals surface area (Å²) in [6, 6.07) is 10.6. The number of imide groups is 1. The fourth-order valence-electron chi connectivity index (χ4n) is 3.82. The molecular weight excluding hydrogens is 441 g/mol. The highest BCUT2D eigenvalue weighted by Crippen LogP contribution is 2.24.